The van der Waals surface area contributed by atoms with E-state index in [0.717, 1.165) is 25.7 Å². The van der Waals surface area contributed by atoms with Gasteiger partial charge in [-0.25, -0.2) is 4.79 Å². The largest absolute Gasteiger partial charge is 0.448 e. The molecular weight excluding hydrogens is 284 g/mol. The normalized spacial score (nSPS) is 23.6. The number of rotatable bonds is 4. The van der Waals surface area contributed by atoms with Gasteiger partial charge in [0.1, 0.15) is 12.7 Å². The lowest BCUT2D eigenvalue weighted by Gasteiger charge is -2.32. The summed E-state index contributed by atoms with van der Waals surface area (Å²) in [5, 5.41) is 3.00. The Bertz CT molecular complexity index is 339. The number of carbonyl (C=O) groups excluding carboxylic acids is 2. The fraction of sp³-hybridized carbons (Fsp3) is 0.846. The van der Waals surface area contributed by atoms with Crippen LogP contribution < -0.4 is 5.32 Å². The zero-order valence-corrected chi connectivity index (χ0v) is 12.2. The van der Waals surface area contributed by atoms with E-state index in [1.165, 1.54) is 0 Å². The van der Waals surface area contributed by atoms with Crippen molar-refractivity contribution < 1.29 is 19.1 Å². The van der Waals surface area contributed by atoms with Gasteiger partial charge >= 0.3 is 6.09 Å². The minimum absolute atomic E-state index is 0.0225. The smallest absolute Gasteiger partial charge is 0.409 e. The van der Waals surface area contributed by atoms with Crippen LogP contribution in [0.3, 0.4) is 0 Å². The minimum Gasteiger partial charge on any atom is -0.448 e. The molecule has 0 saturated carbocycles. The van der Waals surface area contributed by atoms with Crippen LogP contribution in [0.2, 0.25) is 0 Å². The van der Waals surface area contributed by atoms with E-state index in [0.29, 0.717) is 25.6 Å². The van der Waals surface area contributed by atoms with E-state index in [9.17, 15) is 9.59 Å². The maximum absolute atomic E-state index is 11.9. The Labute approximate surface area is 123 Å². The van der Waals surface area contributed by atoms with Crippen molar-refractivity contribution in [1.82, 2.24) is 10.2 Å². The van der Waals surface area contributed by atoms with Crippen molar-refractivity contribution in [3.63, 3.8) is 0 Å². The summed E-state index contributed by atoms with van der Waals surface area (Å²) in [6.07, 6.45) is 2.62. The molecule has 20 heavy (non-hydrogen) atoms. The number of nitrogens with zero attached hydrogens (tertiary/aromatic N) is 1. The summed E-state index contributed by atoms with van der Waals surface area (Å²) < 4.78 is 10.3. The Hall–Kier alpha value is -1.01. The first-order valence-electron chi connectivity index (χ1n) is 7.10. The predicted molar refractivity (Wildman–Crippen MR) is 73.8 cm³/mol. The Morgan fingerprint density at radius 3 is 2.65 bits per heavy atom. The third kappa shape index (κ3) is 4.24. The zero-order valence-electron chi connectivity index (χ0n) is 11.5. The van der Waals surface area contributed by atoms with Crippen LogP contribution in [-0.2, 0) is 14.3 Å². The summed E-state index contributed by atoms with van der Waals surface area (Å²) in [5.41, 5.74) is 0. The van der Waals surface area contributed by atoms with Crippen LogP contribution in [0.25, 0.3) is 0 Å². The van der Waals surface area contributed by atoms with Gasteiger partial charge in [-0.05, 0) is 25.7 Å². The molecule has 2 saturated heterocycles. The molecule has 2 rings (SSSR count). The molecule has 0 aliphatic carbocycles. The average Bonchev–Trinajstić information content (AvgIpc) is 3.00. The summed E-state index contributed by atoms with van der Waals surface area (Å²) in [6, 6.07) is 0.115. The summed E-state index contributed by atoms with van der Waals surface area (Å²) in [5.74, 6) is 0.283. The number of hydrogen-bond acceptors (Lipinski definition) is 4. The van der Waals surface area contributed by atoms with Gasteiger partial charge < -0.3 is 19.7 Å². The van der Waals surface area contributed by atoms with Crippen LogP contribution in [0.1, 0.15) is 25.7 Å². The molecule has 1 atom stereocenters. The number of nitrogens with one attached hydrogen (secondary N) is 1. The number of halogens is 1. The molecular formula is C13H21ClN2O4. The van der Waals surface area contributed by atoms with E-state index in [4.69, 9.17) is 21.1 Å². The predicted octanol–water partition coefficient (Wildman–Crippen LogP) is 1.12. The number of amides is 2. The second-order valence-electron chi connectivity index (χ2n) is 5.07. The quantitative estimate of drug-likeness (QED) is 0.790. The fourth-order valence-corrected chi connectivity index (χ4v) is 2.58. The standard InChI is InChI=1S/C13H21ClN2O4/c14-5-9-20-13(18)16-6-3-10(4-7-16)15-12(17)11-2-1-8-19-11/h10-11H,1-9H2,(H,15,17). The van der Waals surface area contributed by atoms with Crippen LogP contribution in [0.15, 0.2) is 0 Å². The summed E-state index contributed by atoms with van der Waals surface area (Å²) >= 11 is 5.47. The van der Waals surface area contributed by atoms with E-state index in [1.807, 2.05) is 0 Å². The molecule has 0 aromatic heterocycles. The highest BCUT2D eigenvalue weighted by Crippen LogP contribution is 2.15. The lowest BCUT2D eigenvalue weighted by molar-refractivity contribution is -0.131. The highest BCUT2D eigenvalue weighted by atomic mass is 35.5. The third-order valence-corrected chi connectivity index (χ3v) is 3.78. The summed E-state index contributed by atoms with van der Waals surface area (Å²) in [7, 11) is 0. The SMILES string of the molecule is O=C(NC1CCN(C(=O)OCCCl)CC1)C1CCCO1. The zero-order chi connectivity index (χ0) is 14.4. The average molecular weight is 305 g/mol. The molecule has 2 fully saturated rings. The first-order chi connectivity index (χ1) is 9.70. The number of piperidine rings is 1. The van der Waals surface area contributed by atoms with Crippen molar-refractivity contribution in [2.75, 3.05) is 32.2 Å². The number of likely N-dealkylation sites (tertiary alicyclic amines) is 1. The molecule has 2 heterocycles. The van der Waals surface area contributed by atoms with Crippen LogP contribution >= 0.6 is 11.6 Å². The van der Waals surface area contributed by atoms with Crippen molar-refractivity contribution in [2.45, 2.75) is 37.8 Å². The van der Waals surface area contributed by atoms with Gasteiger partial charge in [0.05, 0.1) is 5.88 Å². The molecule has 7 heteroatoms. The fourth-order valence-electron chi connectivity index (χ4n) is 2.50. The van der Waals surface area contributed by atoms with Gasteiger partial charge in [0.15, 0.2) is 0 Å². The molecule has 0 aromatic rings. The van der Waals surface area contributed by atoms with Crippen LogP contribution in [0.5, 0.6) is 0 Å². The van der Waals surface area contributed by atoms with Crippen molar-refractivity contribution in [3.8, 4) is 0 Å². The maximum Gasteiger partial charge on any atom is 0.409 e. The molecule has 1 N–H and O–H groups in total. The van der Waals surface area contributed by atoms with Gasteiger partial charge in [-0.1, -0.05) is 0 Å². The Morgan fingerprint density at radius 2 is 2.05 bits per heavy atom. The van der Waals surface area contributed by atoms with Gasteiger partial charge in [0, 0.05) is 25.7 Å². The molecule has 114 valence electrons. The topological polar surface area (TPSA) is 67.9 Å². The molecule has 0 aromatic carbocycles. The van der Waals surface area contributed by atoms with E-state index in [2.05, 4.69) is 5.32 Å². The second-order valence-corrected chi connectivity index (χ2v) is 5.45. The van der Waals surface area contributed by atoms with E-state index in [1.54, 1.807) is 4.90 Å². The first kappa shape index (κ1) is 15.4. The Morgan fingerprint density at radius 1 is 1.30 bits per heavy atom. The van der Waals surface area contributed by atoms with Crippen molar-refractivity contribution >= 4 is 23.6 Å². The van der Waals surface area contributed by atoms with E-state index in [-0.39, 0.29) is 30.8 Å². The minimum atomic E-state index is -0.324. The molecule has 2 aliphatic rings. The lowest BCUT2D eigenvalue weighted by atomic mass is 10.0. The number of ether oxygens (including phenoxy) is 2. The van der Waals surface area contributed by atoms with Gasteiger partial charge in [0.25, 0.3) is 0 Å². The molecule has 2 amide bonds. The van der Waals surface area contributed by atoms with Gasteiger partial charge in [-0.3, -0.25) is 4.79 Å². The summed E-state index contributed by atoms with van der Waals surface area (Å²) in [6.45, 7) is 2.09. The first-order valence-corrected chi connectivity index (χ1v) is 7.64. The molecule has 2 aliphatic heterocycles. The lowest BCUT2D eigenvalue weighted by Crippen LogP contribution is -2.48. The third-order valence-electron chi connectivity index (χ3n) is 3.62. The Balaban J connectivity index is 1.68. The molecule has 1 unspecified atom stereocenters. The highest BCUT2D eigenvalue weighted by molar-refractivity contribution is 6.18. The molecule has 0 radical (unpaired) electrons. The van der Waals surface area contributed by atoms with Crippen molar-refractivity contribution in [3.05, 3.63) is 0 Å². The second kappa shape index (κ2) is 7.69. The monoisotopic (exact) mass is 304 g/mol. The summed E-state index contributed by atoms with van der Waals surface area (Å²) in [4.78, 5) is 25.2. The van der Waals surface area contributed by atoms with E-state index < -0.39 is 0 Å². The molecule has 0 bridgehead atoms. The van der Waals surface area contributed by atoms with E-state index >= 15 is 0 Å². The molecule has 0 spiro atoms. The highest BCUT2D eigenvalue weighted by Gasteiger charge is 2.28. The number of alkyl halides is 1. The van der Waals surface area contributed by atoms with Crippen LogP contribution in [0, 0.1) is 0 Å². The van der Waals surface area contributed by atoms with Crippen LogP contribution in [-0.4, -0.2) is 61.2 Å². The van der Waals surface area contributed by atoms with Crippen molar-refractivity contribution in [2.24, 2.45) is 0 Å². The van der Waals surface area contributed by atoms with Gasteiger partial charge in [-0.2, -0.15) is 0 Å². The Kier molecular flexibility index (Phi) is 5.91. The maximum atomic E-state index is 11.9. The van der Waals surface area contributed by atoms with Gasteiger partial charge in [-0.15, -0.1) is 11.6 Å². The van der Waals surface area contributed by atoms with Gasteiger partial charge in [0.2, 0.25) is 5.91 Å². The molecule has 6 nitrogen and oxygen atoms in total. The number of carbonyl (C=O) groups is 2. The number of hydrogen-bond donors (Lipinski definition) is 1. The van der Waals surface area contributed by atoms with Crippen molar-refractivity contribution in [1.29, 1.82) is 0 Å². The van der Waals surface area contributed by atoms with Crippen LogP contribution in [0.4, 0.5) is 4.79 Å².